The van der Waals surface area contributed by atoms with Gasteiger partial charge in [0.2, 0.25) is 5.91 Å². The zero-order valence-electron chi connectivity index (χ0n) is 21.2. The molecule has 2 atom stereocenters. The number of hydrogen-bond acceptors (Lipinski definition) is 7. The van der Waals surface area contributed by atoms with E-state index in [0.29, 0.717) is 25.2 Å². The number of cyclic esters (lactones) is 1. The number of nitrogens with zero attached hydrogens (tertiary/aromatic N) is 2. The number of carbonyl (C=O) groups is 3. The van der Waals surface area contributed by atoms with Crippen molar-refractivity contribution in [1.82, 2.24) is 9.88 Å². The van der Waals surface area contributed by atoms with Crippen LogP contribution >= 0.6 is 11.8 Å². The van der Waals surface area contributed by atoms with Crippen LogP contribution in [0.3, 0.4) is 0 Å². The molecular formula is C29H31N3O5S. The number of aryl methyl sites for hydroxylation is 1. The molecule has 0 aliphatic carbocycles. The number of pyridine rings is 1. The first-order valence-electron chi connectivity index (χ1n) is 12.6. The Labute approximate surface area is 226 Å². The zero-order chi connectivity index (χ0) is 26.9. The Balaban J connectivity index is 1.37. The van der Waals surface area contributed by atoms with Crippen LogP contribution in [-0.2, 0) is 35.2 Å². The van der Waals surface area contributed by atoms with Crippen LogP contribution in [0.25, 0.3) is 0 Å². The Bertz CT molecular complexity index is 1240. The van der Waals surface area contributed by atoms with E-state index < -0.39 is 28.5 Å². The molecule has 3 aromatic rings. The topological polar surface area (TPSA) is 112 Å². The quantitative estimate of drug-likeness (QED) is 0.384. The van der Waals surface area contributed by atoms with Crippen LogP contribution in [0.4, 0.5) is 9.59 Å². The van der Waals surface area contributed by atoms with Crippen molar-refractivity contribution >= 4 is 29.0 Å². The number of ether oxygens (including phenoxy) is 2. The average Bonchev–Trinajstić information content (AvgIpc) is 3.29. The van der Waals surface area contributed by atoms with Crippen LogP contribution in [0.1, 0.15) is 29.3 Å². The van der Waals surface area contributed by atoms with Gasteiger partial charge in [0.05, 0.1) is 17.9 Å². The second-order valence-electron chi connectivity index (χ2n) is 9.01. The number of hydrogen-bond donors (Lipinski definition) is 1. The highest BCUT2D eigenvalue weighted by atomic mass is 32.2. The highest BCUT2D eigenvalue weighted by Gasteiger charge is 2.41. The number of primary amides is 1. The van der Waals surface area contributed by atoms with Gasteiger partial charge in [-0.05, 0) is 54.2 Å². The number of nitrogens with two attached hydrogens (primary N) is 1. The Kier molecular flexibility index (Phi) is 9.37. The van der Waals surface area contributed by atoms with Crippen molar-refractivity contribution in [2.75, 3.05) is 13.2 Å². The molecule has 2 aromatic carbocycles. The van der Waals surface area contributed by atoms with Gasteiger partial charge in [-0.15, -0.1) is 0 Å². The highest BCUT2D eigenvalue weighted by molar-refractivity contribution is 8.14. The number of aromatic nitrogens is 1. The fourth-order valence-corrected chi connectivity index (χ4v) is 5.03. The van der Waals surface area contributed by atoms with Gasteiger partial charge in [0.15, 0.2) is 0 Å². The molecule has 198 valence electrons. The van der Waals surface area contributed by atoms with Gasteiger partial charge in [0.25, 0.3) is 5.24 Å². The lowest BCUT2D eigenvalue weighted by Gasteiger charge is -2.24. The molecule has 0 unspecified atom stereocenters. The third-order valence-electron chi connectivity index (χ3n) is 6.31. The number of thioether (sulfide) groups is 1. The first kappa shape index (κ1) is 27.2. The molecule has 1 fully saturated rings. The summed E-state index contributed by atoms with van der Waals surface area (Å²) in [5.74, 6) is 0.203. The van der Waals surface area contributed by atoms with Gasteiger partial charge in [-0.3, -0.25) is 14.6 Å². The summed E-state index contributed by atoms with van der Waals surface area (Å²) in [5, 5.41) is -1.54. The van der Waals surface area contributed by atoms with Crippen LogP contribution in [0.5, 0.6) is 5.75 Å². The molecule has 0 radical (unpaired) electrons. The minimum Gasteiger partial charge on any atom is -0.493 e. The molecule has 0 saturated carbocycles. The van der Waals surface area contributed by atoms with Crippen LogP contribution in [0.2, 0.25) is 0 Å². The average molecular weight is 534 g/mol. The molecule has 4 rings (SSSR count). The summed E-state index contributed by atoms with van der Waals surface area (Å²) >= 11 is 0.720. The van der Waals surface area contributed by atoms with Gasteiger partial charge in [0, 0.05) is 18.3 Å². The second-order valence-corrected chi connectivity index (χ2v) is 10.2. The molecule has 2 N–H and O–H groups in total. The Morgan fingerprint density at radius 1 is 1.08 bits per heavy atom. The van der Waals surface area contributed by atoms with E-state index in [-0.39, 0.29) is 13.0 Å². The summed E-state index contributed by atoms with van der Waals surface area (Å²) in [6.07, 6.45) is 3.52. The maximum atomic E-state index is 13.4. The van der Waals surface area contributed by atoms with E-state index in [1.54, 1.807) is 0 Å². The SMILES string of the molecule is CCc1ccc(CCOc2ccc(C[C@@H](SC(N)=O)C(=O)N3C(=O)OC[C@H]3Cc3ccccc3)cc2)nc1. The lowest BCUT2D eigenvalue weighted by Crippen LogP contribution is -2.45. The molecule has 1 aliphatic rings. The number of carbonyl (C=O) groups excluding carboxylic acids is 3. The standard InChI is InChI=1S/C29H31N3O5S/c1-2-20-8-11-23(31-18-20)14-15-36-25-12-9-22(10-13-25)17-26(38-28(30)34)27(33)32-24(19-37-29(32)35)16-21-6-4-3-5-7-21/h3-13,18,24,26H,2,14-17,19H2,1H3,(H2,30,34)/t24-,26-/m1/s1. The fourth-order valence-electron chi connectivity index (χ4n) is 4.26. The van der Waals surface area contributed by atoms with E-state index in [0.717, 1.165) is 39.9 Å². The molecule has 1 aromatic heterocycles. The van der Waals surface area contributed by atoms with Crippen LogP contribution in [0, 0.1) is 0 Å². The number of imide groups is 1. The third-order valence-corrected chi connectivity index (χ3v) is 7.20. The van der Waals surface area contributed by atoms with Crippen molar-refractivity contribution < 1.29 is 23.9 Å². The first-order chi connectivity index (χ1) is 18.4. The van der Waals surface area contributed by atoms with Gasteiger partial charge in [-0.25, -0.2) is 9.69 Å². The number of rotatable bonds is 11. The summed E-state index contributed by atoms with van der Waals surface area (Å²) in [6, 6.07) is 20.5. The van der Waals surface area contributed by atoms with Crippen LogP contribution in [0.15, 0.2) is 72.9 Å². The van der Waals surface area contributed by atoms with Crippen molar-refractivity contribution in [3.63, 3.8) is 0 Å². The normalized spacial score (nSPS) is 15.7. The van der Waals surface area contributed by atoms with Crippen LogP contribution < -0.4 is 10.5 Å². The van der Waals surface area contributed by atoms with Crippen molar-refractivity contribution in [2.45, 2.75) is 43.9 Å². The van der Waals surface area contributed by atoms with Gasteiger partial charge < -0.3 is 15.2 Å². The molecule has 0 spiro atoms. The van der Waals surface area contributed by atoms with E-state index in [2.05, 4.69) is 18.0 Å². The van der Waals surface area contributed by atoms with Crippen LogP contribution in [-0.4, -0.2) is 51.6 Å². The summed E-state index contributed by atoms with van der Waals surface area (Å²) < 4.78 is 11.0. The smallest absolute Gasteiger partial charge is 0.417 e. The third kappa shape index (κ3) is 7.35. The summed E-state index contributed by atoms with van der Waals surface area (Å²) in [6.45, 7) is 2.69. The molecule has 8 nitrogen and oxygen atoms in total. The maximum Gasteiger partial charge on any atom is 0.417 e. The highest BCUT2D eigenvalue weighted by Crippen LogP contribution is 2.26. The number of amides is 3. The van der Waals surface area contributed by atoms with E-state index in [1.807, 2.05) is 66.9 Å². The Hall–Kier alpha value is -3.85. The fraction of sp³-hybridized carbons (Fsp3) is 0.310. The molecule has 3 amide bonds. The second kappa shape index (κ2) is 13.1. The first-order valence-corrected chi connectivity index (χ1v) is 13.5. The molecule has 0 bridgehead atoms. The molecule has 38 heavy (non-hydrogen) atoms. The largest absolute Gasteiger partial charge is 0.493 e. The van der Waals surface area contributed by atoms with Crippen molar-refractivity contribution in [3.8, 4) is 5.75 Å². The predicted octanol–water partition coefficient (Wildman–Crippen LogP) is 4.58. The Morgan fingerprint density at radius 3 is 2.47 bits per heavy atom. The van der Waals surface area contributed by atoms with E-state index >= 15 is 0 Å². The van der Waals surface area contributed by atoms with E-state index in [9.17, 15) is 14.4 Å². The molecule has 1 saturated heterocycles. The lowest BCUT2D eigenvalue weighted by atomic mass is 10.0. The lowest BCUT2D eigenvalue weighted by molar-refractivity contribution is -0.128. The monoisotopic (exact) mass is 533 g/mol. The van der Waals surface area contributed by atoms with Crippen molar-refractivity contribution in [3.05, 3.63) is 95.3 Å². The molecule has 1 aliphatic heterocycles. The van der Waals surface area contributed by atoms with Crippen molar-refractivity contribution in [1.29, 1.82) is 0 Å². The zero-order valence-corrected chi connectivity index (χ0v) is 22.1. The van der Waals surface area contributed by atoms with E-state index in [4.69, 9.17) is 15.2 Å². The van der Waals surface area contributed by atoms with Crippen molar-refractivity contribution in [2.24, 2.45) is 5.73 Å². The molecular weight excluding hydrogens is 502 g/mol. The van der Waals surface area contributed by atoms with Gasteiger partial charge >= 0.3 is 6.09 Å². The molecule has 9 heteroatoms. The number of benzene rings is 2. The van der Waals surface area contributed by atoms with E-state index in [1.165, 1.54) is 5.56 Å². The summed E-state index contributed by atoms with van der Waals surface area (Å²) in [4.78, 5) is 43.3. The summed E-state index contributed by atoms with van der Waals surface area (Å²) in [7, 11) is 0. The van der Waals surface area contributed by atoms with Gasteiger partial charge in [-0.2, -0.15) is 0 Å². The molecule has 2 heterocycles. The van der Waals surface area contributed by atoms with Gasteiger partial charge in [-0.1, -0.05) is 67.2 Å². The Morgan fingerprint density at radius 2 is 1.82 bits per heavy atom. The minimum atomic E-state index is -0.861. The summed E-state index contributed by atoms with van der Waals surface area (Å²) in [5.41, 5.74) is 9.39. The maximum absolute atomic E-state index is 13.4. The van der Waals surface area contributed by atoms with Gasteiger partial charge in [0.1, 0.15) is 12.4 Å². The minimum absolute atomic E-state index is 0.109. The predicted molar refractivity (Wildman–Crippen MR) is 146 cm³/mol.